The predicted octanol–water partition coefficient (Wildman–Crippen LogP) is 1.46. The minimum atomic E-state index is -1.63. The Bertz CT molecular complexity index is 570. The molecular formula is C15H18O6. The average Bonchev–Trinajstić information content (AvgIpc) is 2.96. The van der Waals surface area contributed by atoms with Gasteiger partial charge in [-0.15, -0.1) is 0 Å². The van der Waals surface area contributed by atoms with Crippen LogP contribution in [-0.2, 0) is 17.6 Å². The third-order valence-electron chi connectivity index (χ3n) is 3.93. The van der Waals surface area contributed by atoms with Crippen molar-refractivity contribution < 1.29 is 29.2 Å². The molecule has 0 radical (unpaired) electrons. The number of hydrogen-bond acceptors (Lipinski definition) is 5. The smallest absolute Gasteiger partial charge is 0.337 e. The number of ether oxygens (including phenoxy) is 3. The number of hydrogen-bond donors (Lipinski definition) is 2. The monoisotopic (exact) mass is 294 g/mol. The third-order valence-corrected chi connectivity index (χ3v) is 3.93. The molecule has 0 saturated carbocycles. The largest absolute Gasteiger partial charge is 0.492 e. The summed E-state index contributed by atoms with van der Waals surface area (Å²) in [4.78, 5) is 11.2. The number of aliphatic hydroxyl groups is 1. The molecule has 114 valence electrons. The fourth-order valence-electron chi connectivity index (χ4n) is 3.14. The van der Waals surface area contributed by atoms with E-state index in [-0.39, 0.29) is 12.2 Å². The first-order valence-electron chi connectivity index (χ1n) is 6.93. The maximum Gasteiger partial charge on any atom is 0.337 e. The van der Waals surface area contributed by atoms with Gasteiger partial charge in [0.25, 0.3) is 0 Å². The van der Waals surface area contributed by atoms with Crippen LogP contribution in [0, 0.1) is 0 Å². The molecule has 0 aliphatic carbocycles. The highest BCUT2D eigenvalue weighted by atomic mass is 16.5. The van der Waals surface area contributed by atoms with Gasteiger partial charge in [0.1, 0.15) is 18.0 Å². The lowest BCUT2D eigenvalue weighted by Gasteiger charge is -2.18. The Balaban J connectivity index is 2.27. The lowest BCUT2D eigenvalue weighted by Crippen LogP contribution is -2.15. The zero-order valence-corrected chi connectivity index (χ0v) is 12.2. The number of carboxylic acid groups (broad SMARTS) is 1. The van der Waals surface area contributed by atoms with Crippen LogP contribution in [0.15, 0.2) is 0 Å². The molecule has 3 rings (SSSR count). The molecule has 2 N–H and O–H groups in total. The van der Waals surface area contributed by atoms with E-state index in [9.17, 15) is 15.0 Å². The Hall–Kier alpha value is -1.95. The zero-order chi connectivity index (χ0) is 15.3. The molecule has 2 aliphatic heterocycles. The fraction of sp³-hybridized carbons (Fsp3) is 0.533. The minimum absolute atomic E-state index is 0.0893. The number of methoxy groups -OCH3 is 1. The summed E-state index contributed by atoms with van der Waals surface area (Å²) in [5.41, 5.74) is 1.75. The number of aliphatic hydroxyl groups excluding tert-OH is 1. The number of aliphatic carboxylic acids is 1. The normalized spacial score (nSPS) is 23.8. The van der Waals surface area contributed by atoms with E-state index in [1.165, 1.54) is 0 Å². The first kappa shape index (κ1) is 14.0. The van der Waals surface area contributed by atoms with Gasteiger partial charge in [0.05, 0.1) is 7.11 Å². The standard InChI is InChI=1S/C15H18O6/c1-6-4-8-10(11(16)15(17)18)12-9(5-7(2)20-12)13(19-3)14(8)21-6/h6-7,11,16H,4-5H2,1-3H3,(H,17,18). The summed E-state index contributed by atoms with van der Waals surface area (Å²) in [5, 5.41) is 19.3. The van der Waals surface area contributed by atoms with Gasteiger partial charge in [-0.25, -0.2) is 4.79 Å². The van der Waals surface area contributed by atoms with E-state index in [0.717, 1.165) is 5.56 Å². The summed E-state index contributed by atoms with van der Waals surface area (Å²) >= 11 is 0. The van der Waals surface area contributed by atoms with Crippen molar-refractivity contribution in [1.29, 1.82) is 0 Å². The average molecular weight is 294 g/mol. The van der Waals surface area contributed by atoms with Crippen molar-refractivity contribution in [3.63, 3.8) is 0 Å². The number of carbonyl (C=O) groups is 1. The number of rotatable bonds is 3. The van der Waals surface area contributed by atoms with Crippen LogP contribution < -0.4 is 14.2 Å². The van der Waals surface area contributed by atoms with Gasteiger partial charge >= 0.3 is 5.97 Å². The van der Waals surface area contributed by atoms with E-state index < -0.39 is 12.1 Å². The second-order valence-electron chi connectivity index (χ2n) is 5.57. The quantitative estimate of drug-likeness (QED) is 0.878. The van der Waals surface area contributed by atoms with Crippen molar-refractivity contribution in [2.75, 3.05) is 7.11 Å². The molecule has 0 amide bonds. The molecule has 1 aromatic rings. The maximum absolute atomic E-state index is 11.2. The van der Waals surface area contributed by atoms with Crippen molar-refractivity contribution in [3.05, 3.63) is 16.7 Å². The van der Waals surface area contributed by atoms with Crippen LogP contribution in [0.25, 0.3) is 0 Å². The molecule has 21 heavy (non-hydrogen) atoms. The Labute approximate surface area is 122 Å². The van der Waals surface area contributed by atoms with E-state index in [2.05, 4.69) is 0 Å². The van der Waals surface area contributed by atoms with E-state index >= 15 is 0 Å². The van der Waals surface area contributed by atoms with Crippen LogP contribution in [0.1, 0.15) is 36.6 Å². The van der Waals surface area contributed by atoms with Crippen molar-refractivity contribution >= 4 is 5.97 Å². The molecule has 2 aliphatic rings. The summed E-state index contributed by atoms with van der Waals surface area (Å²) in [7, 11) is 1.55. The van der Waals surface area contributed by atoms with Crippen LogP contribution in [0.3, 0.4) is 0 Å². The van der Waals surface area contributed by atoms with Crippen molar-refractivity contribution in [3.8, 4) is 17.2 Å². The van der Waals surface area contributed by atoms with Crippen molar-refractivity contribution in [1.82, 2.24) is 0 Å². The SMILES string of the molecule is COc1c2c(c(C(O)C(=O)O)c3c1OC(C)C3)OC(C)C2. The van der Waals surface area contributed by atoms with Crippen molar-refractivity contribution in [2.45, 2.75) is 45.0 Å². The molecule has 6 heteroatoms. The summed E-state index contributed by atoms with van der Waals surface area (Å²) in [5.74, 6) is 0.268. The maximum atomic E-state index is 11.2. The molecule has 0 aromatic heterocycles. The van der Waals surface area contributed by atoms with Crippen molar-refractivity contribution in [2.24, 2.45) is 0 Å². The van der Waals surface area contributed by atoms with E-state index in [1.807, 2.05) is 13.8 Å². The van der Waals surface area contributed by atoms with Crippen LogP contribution in [0.4, 0.5) is 0 Å². The minimum Gasteiger partial charge on any atom is -0.492 e. The number of fused-ring (bicyclic) bond motifs is 2. The van der Waals surface area contributed by atoms with Crippen LogP contribution in [0.2, 0.25) is 0 Å². The van der Waals surface area contributed by atoms with Crippen LogP contribution >= 0.6 is 0 Å². The lowest BCUT2D eigenvalue weighted by molar-refractivity contribution is -0.147. The lowest BCUT2D eigenvalue weighted by atomic mass is 9.93. The molecule has 3 unspecified atom stereocenters. The zero-order valence-electron chi connectivity index (χ0n) is 12.2. The summed E-state index contributed by atoms with van der Waals surface area (Å²) in [6.07, 6.45) is -0.681. The van der Waals surface area contributed by atoms with Gasteiger partial charge < -0.3 is 24.4 Å². The Morgan fingerprint density at radius 2 is 1.76 bits per heavy atom. The van der Waals surface area contributed by atoms with Gasteiger partial charge in [-0.1, -0.05) is 0 Å². The molecular weight excluding hydrogens is 276 g/mol. The van der Waals surface area contributed by atoms with Gasteiger partial charge in [0.2, 0.25) is 0 Å². The Morgan fingerprint density at radius 1 is 1.19 bits per heavy atom. The third kappa shape index (κ3) is 2.01. The van der Waals surface area contributed by atoms with E-state index in [0.29, 0.717) is 41.2 Å². The van der Waals surface area contributed by atoms with Gasteiger partial charge in [-0.05, 0) is 13.8 Å². The Kier molecular flexibility index (Phi) is 3.20. The molecule has 0 fully saturated rings. The number of carboxylic acids is 1. The topological polar surface area (TPSA) is 85.2 Å². The van der Waals surface area contributed by atoms with Gasteiger partial charge in [0.15, 0.2) is 17.6 Å². The predicted molar refractivity (Wildman–Crippen MR) is 73.2 cm³/mol. The van der Waals surface area contributed by atoms with Gasteiger partial charge in [-0.2, -0.15) is 0 Å². The highest BCUT2D eigenvalue weighted by molar-refractivity contribution is 5.79. The van der Waals surface area contributed by atoms with E-state index in [4.69, 9.17) is 14.2 Å². The second-order valence-corrected chi connectivity index (χ2v) is 5.57. The van der Waals surface area contributed by atoms with E-state index in [1.54, 1.807) is 7.11 Å². The summed E-state index contributed by atoms with van der Waals surface area (Å²) < 4.78 is 17.0. The van der Waals surface area contributed by atoms with Gasteiger partial charge in [0, 0.05) is 29.5 Å². The summed E-state index contributed by atoms with van der Waals surface area (Å²) in [6.45, 7) is 3.79. The molecule has 6 nitrogen and oxygen atoms in total. The second kappa shape index (κ2) is 4.80. The first-order valence-corrected chi connectivity index (χ1v) is 6.93. The highest BCUT2D eigenvalue weighted by Gasteiger charge is 2.40. The van der Waals surface area contributed by atoms with Gasteiger partial charge in [-0.3, -0.25) is 0 Å². The van der Waals surface area contributed by atoms with Crippen LogP contribution in [-0.4, -0.2) is 35.5 Å². The molecule has 0 bridgehead atoms. The molecule has 0 spiro atoms. The first-order chi connectivity index (χ1) is 9.93. The molecule has 2 heterocycles. The Morgan fingerprint density at radius 3 is 2.33 bits per heavy atom. The number of benzene rings is 1. The summed E-state index contributed by atoms with van der Waals surface area (Å²) in [6, 6.07) is 0. The molecule has 3 atom stereocenters. The van der Waals surface area contributed by atoms with Crippen LogP contribution in [0.5, 0.6) is 17.2 Å². The molecule has 1 aromatic carbocycles. The fourth-order valence-corrected chi connectivity index (χ4v) is 3.14. The highest BCUT2D eigenvalue weighted by Crippen LogP contribution is 2.52. The molecule has 0 saturated heterocycles.